The van der Waals surface area contributed by atoms with E-state index >= 15 is 0 Å². The van der Waals surface area contributed by atoms with Crippen LogP contribution in [0.25, 0.3) is 0 Å². The Bertz CT molecular complexity index is 1140. The van der Waals surface area contributed by atoms with Gasteiger partial charge in [0.25, 0.3) is 4.75 Å². The minimum Gasteiger partial charge on any atom is -0.439 e. The first kappa shape index (κ1) is 28.2. The van der Waals surface area contributed by atoms with Crippen molar-refractivity contribution >= 4 is 88.7 Å². The Morgan fingerprint density at radius 3 is 1.14 bits per heavy atom. The number of rotatable bonds is 6. The largest absolute Gasteiger partial charge is 0.439 e. The number of ether oxygens (including phenoxy) is 3. The van der Waals surface area contributed by atoms with E-state index in [0.717, 1.165) is 50.8 Å². The van der Waals surface area contributed by atoms with E-state index in [9.17, 15) is 4.57 Å². The maximum Gasteiger partial charge on any atom is 0.268 e. The molecule has 0 bridgehead atoms. The smallest absolute Gasteiger partial charge is 0.268 e. The fourth-order valence-corrected chi connectivity index (χ4v) is 16.4. The number of thiocarbonyl (C=S) groups is 3. The number of hydrogen-bond donors (Lipinski definition) is 0. The molecular formula is C24H21O4PS6. The fraction of sp³-hybridized carbons (Fsp3) is 0.125. The summed E-state index contributed by atoms with van der Waals surface area (Å²) in [6, 6.07) is 22.3. The van der Waals surface area contributed by atoms with E-state index in [1.54, 1.807) is 18.2 Å². The van der Waals surface area contributed by atoms with Crippen molar-refractivity contribution in [2.45, 2.75) is 20.8 Å². The zero-order valence-electron chi connectivity index (χ0n) is 19.0. The minimum absolute atomic E-state index is 0.0793. The van der Waals surface area contributed by atoms with Crippen LogP contribution < -0.4 is 14.2 Å². The van der Waals surface area contributed by atoms with Crippen LogP contribution in [-0.2, 0) is 4.57 Å². The molecule has 0 spiro atoms. The molecule has 3 aromatic carbocycles. The zero-order valence-corrected chi connectivity index (χ0v) is 24.8. The van der Waals surface area contributed by atoms with Gasteiger partial charge in [0.1, 0.15) is 17.2 Å². The zero-order chi connectivity index (χ0) is 25.4. The minimum atomic E-state index is -3.38. The van der Waals surface area contributed by atoms with Crippen molar-refractivity contribution in [2.75, 3.05) is 0 Å². The molecular weight excluding hydrogens is 576 g/mol. The van der Waals surface area contributed by atoms with Crippen LogP contribution in [-0.4, -0.2) is 13.1 Å². The molecule has 3 rings (SSSR count). The second-order valence-electron chi connectivity index (χ2n) is 7.23. The van der Waals surface area contributed by atoms with Gasteiger partial charge < -0.3 is 14.2 Å². The van der Waals surface area contributed by atoms with Crippen LogP contribution in [0.15, 0.2) is 72.8 Å². The predicted octanol–water partition coefficient (Wildman–Crippen LogP) is 9.31. The molecule has 0 N–H and O–H groups in total. The fourth-order valence-electron chi connectivity index (χ4n) is 2.71. The van der Waals surface area contributed by atoms with Gasteiger partial charge in [0.2, 0.25) is 13.1 Å². The standard InChI is InChI=1S/C24H21O4PS6/c1-16-7-4-10-19(13-16)26-22(30)33-29(25,34-23(31)27-20-11-5-8-17(2)14-20)35-24(32)28-21-12-6-9-18(3)15-21/h4-15H,1-3H3. The molecule has 4 nitrogen and oxygen atoms in total. The van der Waals surface area contributed by atoms with Crippen molar-refractivity contribution in [1.29, 1.82) is 0 Å². The highest BCUT2D eigenvalue weighted by Crippen LogP contribution is 2.78. The van der Waals surface area contributed by atoms with Crippen LogP contribution in [0.4, 0.5) is 0 Å². The van der Waals surface area contributed by atoms with E-state index in [1.807, 2.05) is 75.4 Å². The Kier molecular flexibility index (Phi) is 10.7. The molecule has 0 heterocycles. The van der Waals surface area contributed by atoms with Gasteiger partial charge in [0.15, 0.2) is 0 Å². The van der Waals surface area contributed by atoms with E-state index < -0.39 is 4.75 Å². The first-order valence-electron chi connectivity index (χ1n) is 10.1. The molecule has 0 aromatic heterocycles. The van der Waals surface area contributed by atoms with Crippen molar-refractivity contribution in [1.82, 2.24) is 0 Å². The summed E-state index contributed by atoms with van der Waals surface area (Å²) in [5.74, 6) is 1.67. The van der Waals surface area contributed by atoms with Crippen molar-refractivity contribution in [2.24, 2.45) is 0 Å². The molecule has 0 aliphatic rings. The maximum atomic E-state index is 14.0. The normalized spacial score (nSPS) is 10.9. The molecule has 0 atom stereocenters. The third-order valence-corrected chi connectivity index (χ3v) is 15.1. The quantitative estimate of drug-likeness (QED) is 0.203. The van der Waals surface area contributed by atoms with Gasteiger partial charge >= 0.3 is 0 Å². The van der Waals surface area contributed by atoms with Crippen LogP contribution in [0.3, 0.4) is 0 Å². The van der Waals surface area contributed by atoms with E-state index in [2.05, 4.69) is 0 Å². The van der Waals surface area contributed by atoms with Gasteiger partial charge in [-0.3, -0.25) is 4.57 Å². The summed E-state index contributed by atoms with van der Waals surface area (Å²) < 4.78 is 28.1. The average molecular weight is 597 g/mol. The van der Waals surface area contributed by atoms with Crippen LogP contribution in [0.1, 0.15) is 16.7 Å². The summed E-state index contributed by atoms with van der Waals surface area (Å²) in [6.45, 7) is 5.84. The van der Waals surface area contributed by atoms with Crippen LogP contribution in [0, 0.1) is 20.8 Å². The number of benzene rings is 3. The number of aryl methyl sites for hydroxylation is 3. The van der Waals surface area contributed by atoms with Gasteiger partial charge in [-0.05, 0) is 111 Å². The first-order valence-corrected chi connectivity index (χ1v) is 17.3. The van der Waals surface area contributed by atoms with Crippen molar-refractivity contribution < 1.29 is 18.8 Å². The molecule has 0 radical (unpaired) electrons. The van der Waals surface area contributed by atoms with E-state index in [0.29, 0.717) is 17.2 Å². The second kappa shape index (κ2) is 13.2. The third kappa shape index (κ3) is 9.88. The molecule has 0 saturated carbocycles. The van der Waals surface area contributed by atoms with Gasteiger partial charge in [-0.15, -0.1) is 0 Å². The Hall–Kier alpha value is -1.39. The lowest BCUT2D eigenvalue weighted by Gasteiger charge is -2.17. The summed E-state index contributed by atoms with van der Waals surface area (Å²) in [5, 5.41) is 0. The van der Waals surface area contributed by atoms with Crippen molar-refractivity contribution in [3.63, 3.8) is 0 Å². The predicted molar refractivity (Wildman–Crippen MR) is 164 cm³/mol. The summed E-state index contributed by atoms with van der Waals surface area (Å²) in [6.07, 6.45) is 0. The monoisotopic (exact) mass is 596 g/mol. The van der Waals surface area contributed by atoms with Crippen molar-refractivity contribution in [3.05, 3.63) is 89.5 Å². The van der Waals surface area contributed by atoms with E-state index in [1.165, 1.54) is 0 Å². The molecule has 0 fully saturated rings. The van der Waals surface area contributed by atoms with Gasteiger partial charge in [-0.2, -0.15) is 0 Å². The number of hydrogen-bond acceptors (Lipinski definition) is 10. The van der Waals surface area contributed by atoms with E-state index in [-0.39, 0.29) is 13.1 Å². The second-order valence-corrected chi connectivity index (χ2v) is 20.0. The summed E-state index contributed by atoms with van der Waals surface area (Å²) in [4.78, 5) is 0. The molecule has 35 heavy (non-hydrogen) atoms. The van der Waals surface area contributed by atoms with Gasteiger partial charge in [0, 0.05) is 34.1 Å². The Balaban J connectivity index is 1.74. The molecule has 0 unspecified atom stereocenters. The lowest BCUT2D eigenvalue weighted by Crippen LogP contribution is -2.04. The molecule has 0 saturated heterocycles. The van der Waals surface area contributed by atoms with Crippen LogP contribution in [0.5, 0.6) is 17.2 Å². The SMILES string of the molecule is Cc1cccc(OC(=S)SP(=O)(SC(=S)Oc2cccc(C)c2)SC(=S)Oc2cccc(C)c2)c1. The third-order valence-electron chi connectivity index (χ3n) is 4.13. The lowest BCUT2D eigenvalue weighted by atomic mass is 10.2. The lowest BCUT2D eigenvalue weighted by molar-refractivity contribution is 0.578. The topological polar surface area (TPSA) is 44.8 Å². The maximum absolute atomic E-state index is 14.0. The van der Waals surface area contributed by atoms with Crippen molar-refractivity contribution in [3.8, 4) is 17.2 Å². The molecule has 0 aliphatic heterocycles. The molecule has 3 aromatic rings. The molecule has 11 heteroatoms. The Morgan fingerprint density at radius 1 is 0.600 bits per heavy atom. The Labute approximate surface area is 233 Å². The van der Waals surface area contributed by atoms with Gasteiger partial charge in [0.05, 0.1) is 0 Å². The van der Waals surface area contributed by atoms with Crippen LogP contribution in [0.2, 0.25) is 0 Å². The summed E-state index contributed by atoms with van der Waals surface area (Å²) in [7, 11) is 0. The first-order chi connectivity index (χ1) is 16.6. The highest BCUT2D eigenvalue weighted by molar-refractivity contribution is 9.21. The molecule has 0 amide bonds. The highest BCUT2D eigenvalue weighted by Gasteiger charge is 2.34. The van der Waals surface area contributed by atoms with Crippen LogP contribution >= 0.6 is 75.5 Å². The van der Waals surface area contributed by atoms with Gasteiger partial charge in [-0.25, -0.2) is 0 Å². The highest BCUT2D eigenvalue weighted by atomic mass is 33.4. The van der Waals surface area contributed by atoms with Gasteiger partial charge in [-0.1, -0.05) is 36.4 Å². The molecule has 182 valence electrons. The van der Waals surface area contributed by atoms with E-state index in [4.69, 9.17) is 50.9 Å². The molecule has 0 aliphatic carbocycles. The Morgan fingerprint density at radius 2 is 0.886 bits per heavy atom. The average Bonchev–Trinajstić information content (AvgIpc) is 2.72. The summed E-state index contributed by atoms with van der Waals surface area (Å²) in [5.41, 5.74) is 3.05. The summed E-state index contributed by atoms with van der Waals surface area (Å²) >= 11 is 18.9.